The van der Waals surface area contributed by atoms with Crippen LogP contribution in [0.15, 0.2) is 54.6 Å². The van der Waals surface area contributed by atoms with Gasteiger partial charge in [0.1, 0.15) is 0 Å². The lowest BCUT2D eigenvalue weighted by Gasteiger charge is -2.25. The summed E-state index contributed by atoms with van der Waals surface area (Å²) in [4.78, 5) is 15.2. The van der Waals surface area contributed by atoms with Crippen molar-refractivity contribution >= 4 is 11.6 Å². The number of hydrogen-bond donors (Lipinski definition) is 1. The van der Waals surface area contributed by atoms with E-state index in [2.05, 4.69) is 36.5 Å². The zero-order valence-corrected chi connectivity index (χ0v) is 13.9. The molecule has 0 spiro atoms. The summed E-state index contributed by atoms with van der Waals surface area (Å²) in [6.07, 6.45) is 0.957. The van der Waals surface area contributed by atoms with Crippen molar-refractivity contribution in [2.75, 3.05) is 24.5 Å². The highest BCUT2D eigenvalue weighted by atomic mass is 16.2. The van der Waals surface area contributed by atoms with Crippen LogP contribution in [0.1, 0.15) is 31.4 Å². The van der Waals surface area contributed by atoms with Gasteiger partial charge in [0, 0.05) is 12.2 Å². The lowest BCUT2D eigenvalue weighted by atomic mass is 9.77. The number of rotatable bonds is 6. The molecular formula is C20H24N2O. The molecule has 0 bridgehead atoms. The minimum Gasteiger partial charge on any atom is -0.317 e. The van der Waals surface area contributed by atoms with Gasteiger partial charge in [0.25, 0.3) is 0 Å². The Labute approximate surface area is 138 Å². The molecule has 0 aliphatic carbocycles. The fraction of sp³-hybridized carbons (Fsp3) is 0.350. The van der Waals surface area contributed by atoms with Crippen LogP contribution in [0.3, 0.4) is 0 Å². The molecule has 1 amide bonds. The van der Waals surface area contributed by atoms with Gasteiger partial charge in [0.2, 0.25) is 5.91 Å². The van der Waals surface area contributed by atoms with Crippen LogP contribution in [0.5, 0.6) is 0 Å². The molecule has 1 N–H and O–H groups in total. The Morgan fingerprint density at radius 3 is 2.48 bits per heavy atom. The van der Waals surface area contributed by atoms with Crippen molar-refractivity contribution in [3.8, 4) is 0 Å². The fourth-order valence-corrected chi connectivity index (χ4v) is 3.44. The first kappa shape index (κ1) is 15.8. The third-order valence-corrected chi connectivity index (χ3v) is 4.74. The number of para-hydroxylation sites is 1. The van der Waals surface area contributed by atoms with Gasteiger partial charge in [-0.25, -0.2) is 0 Å². The Morgan fingerprint density at radius 1 is 1.04 bits per heavy atom. The number of hydrogen-bond acceptors (Lipinski definition) is 2. The van der Waals surface area contributed by atoms with Crippen molar-refractivity contribution in [1.82, 2.24) is 5.32 Å². The Kier molecular flexibility index (Phi) is 4.49. The van der Waals surface area contributed by atoms with Crippen molar-refractivity contribution in [2.24, 2.45) is 0 Å². The van der Waals surface area contributed by atoms with Crippen molar-refractivity contribution in [1.29, 1.82) is 0 Å². The third-order valence-electron chi connectivity index (χ3n) is 4.74. The molecule has 120 valence electrons. The SMILES string of the molecule is CCNCCCN1C(=O)C(C)(c2ccccc2)c2ccccc21. The van der Waals surface area contributed by atoms with E-state index in [9.17, 15) is 4.79 Å². The predicted molar refractivity (Wildman–Crippen MR) is 94.9 cm³/mol. The number of nitrogens with one attached hydrogen (secondary N) is 1. The van der Waals surface area contributed by atoms with Crippen LogP contribution in [-0.4, -0.2) is 25.5 Å². The molecule has 1 unspecified atom stereocenters. The first-order chi connectivity index (χ1) is 11.2. The van der Waals surface area contributed by atoms with Crippen LogP contribution in [0.4, 0.5) is 5.69 Å². The van der Waals surface area contributed by atoms with Gasteiger partial charge in [-0.2, -0.15) is 0 Å². The molecule has 23 heavy (non-hydrogen) atoms. The molecule has 1 aliphatic rings. The number of benzene rings is 2. The Bertz CT molecular complexity index is 683. The number of amides is 1. The second-order valence-corrected chi connectivity index (χ2v) is 6.17. The van der Waals surface area contributed by atoms with Crippen LogP contribution in [-0.2, 0) is 10.2 Å². The van der Waals surface area contributed by atoms with Crippen LogP contribution >= 0.6 is 0 Å². The van der Waals surface area contributed by atoms with E-state index in [0.717, 1.165) is 42.9 Å². The Morgan fingerprint density at radius 2 is 1.74 bits per heavy atom. The zero-order valence-electron chi connectivity index (χ0n) is 13.9. The molecule has 0 saturated heterocycles. The molecule has 0 aromatic heterocycles. The van der Waals surface area contributed by atoms with Crippen molar-refractivity contribution in [3.63, 3.8) is 0 Å². The van der Waals surface area contributed by atoms with E-state index in [1.807, 2.05) is 42.2 Å². The highest BCUT2D eigenvalue weighted by Gasteiger charge is 2.47. The van der Waals surface area contributed by atoms with E-state index >= 15 is 0 Å². The molecule has 3 nitrogen and oxygen atoms in total. The Balaban J connectivity index is 1.95. The van der Waals surface area contributed by atoms with Gasteiger partial charge in [0.15, 0.2) is 0 Å². The van der Waals surface area contributed by atoms with E-state index in [-0.39, 0.29) is 5.91 Å². The van der Waals surface area contributed by atoms with Crippen molar-refractivity contribution < 1.29 is 4.79 Å². The molecule has 2 aromatic carbocycles. The first-order valence-electron chi connectivity index (χ1n) is 8.37. The van der Waals surface area contributed by atoms with Crippen molar-refractivity contribution in [3.05, 3.63) is 65.7 Å². The van der Waals surface area contributed by atoms with Gasteiger partial charge in [-0.3, -0.25) is 4.79 Å². The summed E-state index contributed by atoms with van der Waals surface area (Å²) in [6, 6.07) is 18.3. The maximum atomic E-state index is 13.3. The monoisotopic (exact) mass is 308 g/mol. The molecule has 0 fully saturated rings. The van der Waals surface area contributed by atoms with Gasteiger partial charge in [0.05, 0.1) is 5.41 Å². The summed E-state index contributed by atoms with van der Waals surface area (Å²) in [5, 5.41) is 3.33. The van der Waals surface area contributed by atoms with Gasteiger partial charge < -0.3 is 10.2 Å². The normalized spacial score (nSPS) is 19.9. The zero-order chi connectivity index (χ0) is 16.3. The molecule has 0 radical (unpaired) electrons. The van der Waals surface area contributed by atoms with Crippen LogP contribution < -0.4 is 10.2 Å². The second-order valence-electron chi connectivity index (χ2n) is 6.17. The maximum Gasteiger partial charge on any atom is 0.241 e. The van der Waals surface area contributed by atoms with Crippen LogP contribution in [0, 0.1) is 0 Å². The first-order valence-corrected chi connectivity index (χ1v) is 8.37. The average molecular weight is 308 g/mol. The summed E-state index contributed by atoms with van der Waals surface area (Å²) in [6.45, 7) is 6.80. The molecule has 3 rings (SSSR count). The topological polar surface area (TPSA) is 32.3 Å². The van der Waals surface area contributed by atoms with Gasteiger partial charge in [-0.15, -0.1) is 0 Å². The van der Waals surface area contributed by atoms with E-state index in [1.165, 1.54) is 0 Å². The lowest BCUT2D eigenvalue weighted by Crippen LogP contribution is -2.40. The highest BCUT2D eigenvalue weighted by molar-refractivity contribution is 6.10. The molecule has 1 heterocycles. The van der Waals surface area contributed by atoms with Crippen molar-refractivity contribution in [2.45, 2.75) is 25.7 Å². The third kappa shape index (κ3) is 2.66. The van der Waals surface area contributed by atoms with Gasteiger partial charge >= 0.3 is 0 Å². The maximum absolute atomic E-state index is 13.3. The van der Waals surface area contributed by atoms with Crippen LogP contribution in [0.25, 0.3) is 0 Å². The molecule has 1 aliphatic heterocycles. The number of carbonyl (C=O) groups excluding carboxylic acids is 1. The largest absolute Gasteiger partial charge is 0.317 e. The van der Waals surface area contributed by atoms with Gasteiger partial charge in [-0.05, 0) is 43.6 Å². The smallest absolute Gasteiger partial charge is 0.241 e. The molecular weight excluding hydrogens is 284 g/mol. The summed E-state index contributed by atoms with van der Waals surface area (Å²) < 4.78 is 0. The number of nitrogens with zero attached hydrogens (tertiary/aromatic N) is 1. The number of carbonyl (C=O) groups is 1. The highest BCUT2D eigenvalue weighted by Crippen LogP contribution is 2.45. The minimum absolute atomic E-state index is 0.182. The predicted octanol–water partition coefficient (Wildman–Crippen LogP) is 3.34. The summed E-state index contributed by atoms with van der Waals surface area (Å²) >= 11 is 0. The Hall–Kier alpha value is -2.13. The summed E-state index contributed by atoms with van der Waals surface area (Å²) in [7, 11) is 0. The van der Waals surface area contributed by atoms with E-state index in [1.54, 1.807) is 0 Å². The lowest BCUT2D eigenvalue weighted by molar-refractivity contribution is -0.121. The number of anilines is 1. The quantitative estimate of drug-likeness (QED) is 0.830. The standard InChI is InChI=1S/C20H24N2O/c1-3-21-14-9-15-22-18-13-8-7-12-17(18)20(2,19(22)23)16-10-5-4-6-11-16/h4-8,10-13,21H,3,9,14-15H2,1-2H3. The van der Waals surface area contributed by atoms with E-state index in [0.29, 0.717) is 0 Å². The minimum atomic E-state index is -0.587. The fourth-order valence-electron chi connectivity index (χ4n) is 3.44. The number of fused-ring (bicyclic) bond motifs is 1. The summed E-state index contributed by atoms with van der Waals surface area (Å²) in [5.74, 6) is 0.182. The molecule has 2 aromatic rings. The average Bonchev–Trinajstić information content (AvgIpc) is 2.82. The van der Waals surface area contributed by atoms with Gasteiger partial charge in [-0.1, -0.05) is 55.5 Å². The molecule has 0 saturated carbocycles. The second kappa shape index (κ2) is 6.55. The molecule has 3 heteroatoms. The van der Waals surface area contributed by atoms with E-state index in [4.69, 9.17) is 0 Å². The molecule has 1 atom stereocenters. The summed E-state index contributed by atoms with van der Waals surface area (Å²) in [5.41, 5.74) is 2.64. The van der Waals surface area contributed by atoms with E-state index < -0.39 is 5.41 Å². The van der Waals surface area contributed by atoms with Crippen LogP contribution in [0.2, 0.25) is 0 Å².